The molecule has 0 aromatic rings. The van der Waals surface area contributed by atoms with Crippen molar-refractivity contribution < 1.29 is 80.2 Å². The molecule has 5 atom stereocenters. The van der Waals surface area contributed by atoms with Crippen LogP contribution in [-0.4, -0.2) is 96.7 Å². The molecule has 0 aromatic heterocycles. The van der Waals surface area contributed by atoms with Crippen LogP contribution in [-0.2, 0) is 65.4 Å². The van der Waals surface area contributed by atoms with E-state index < -0.39 is 97.5 Å². The minimum absolute atomic E-state index is 0.108. The van der Waals surface area contributed by atoms with E-state index in [-0.39, 0.29) is 25.7 Å². The van der Waals surface area contributed by atoms with Gasteiger partial charge < -0.3 is 33.8 Å². The molecule has 0 fully saturated rings. The number of esters is 4. The standard InChI is InChI=1S/C75H146O17P2/c1-6-9-12-15-18-21-24-27-30-33-38-43-48-53-58-72(77)85-64-70(91-74(79)60-55-50-45-39-34-31-28-25-22-19-16-13-10-7-2)66-89-93(81,82)87-62-69(76)63-88-94(83,84)90-67-71(65-86-73(78)59-54-49-44-41-36-37-42-47-52-57-68(4)5)92-75(80)61-56-51-46-40-35-32-29-26-23-20-17-14-11-8-3/h68-71,76H,6-67H2,1-5H3,(H,81,82)(H,83,84)/t69-,70-,71-/m1/s1. The molecule has 558 valence electrons. The Kier molecular flexibility index (Phi) is 66.8. The van der Waals surface area contributed by atoms with Crippen LogP contribution in [0.5, 0.6) is 0 Å². The first kappa shape index (κ1) is 92.1. The summed E-state index contributed by atoms with van der Waals surface area (Å²) in [7, 11) is -9.91. The Balaban J connectivity index is 5.26. The van der Waals surface area contributed by atoms with E-state index in [9.17, 15) is 43.2 Å². The molecule has 0 bridgehead atoms. The molecular weight excluding hydrogens is 1230 g/mol. The van der Waals surface area contributed by atoms with Crippen LogP contribution >= 0.6 is 15.6 Å². The van der Waals surface area contributed by atoms with E-state index in [1.165, 1.54) is 218 Å². The molecule has 0 aliphatic heterocycles. The number of aliphatic hydroxyl groups excluding tert-OH is 1. The summed E-state index contributed by atoms with van der Waals surface area (Å²) >= 11 is 0. The third-order valence-corrected chi connectivity index (χ3v) is 19.4. The van der Waals surface area contributed by atoms with Crippen LogP contribution < -0.4 is 0 Å². The lowest BCUT2D eigenvalue weighted by Crippen LogP contribution is -2.30. The first-order chi connectivity index (χ1) is 45.5. The van der Waals surface area contributed by atoms with Crippen molar-refractivity contribution in [3.63, 3.8) is 0 Å². The molecule has 19 heteroatoms. The van der Waals surface area contributed by atoms with Crippen LogP contribution in [0.25, 0.3) is 0 Å². The first-order valence-electron chi connectivity index (χ1n) is 39.1. The Bertz CT molecular complexity index is 1810. The summed E-state index contributed by atoms with van der Waals surface area (Å²) in [5.41, 5.74) is 0. The predicted octanol–water partition coefficient (Wildman–Crippen LogP) is 22.1. The van der Waals surface area contributed by atoms with Crippen LogP contribution in [0.15, 0.2) is 0 Å². The van der Waals surface area contributed by atoms with Crippen molar-refractivity contribution in [3.05, 3.63) is 0 Å². The van der Waals surface area contributed by atoms with Crippen LogP contribution in [0, 0.1) is 5.92 Å². The largest absolute Gasteiger partial charge is 0.472 e. The lowest BCUT2D eigenvalue weighted by Gasteiger charge is -2.21. The second-order valence-corrected chi connectivity index (χ2v) is 30.4. The van der Waals surface area contributed by atoms with Gasteiger partial charge in [-0.1, -0.05) is 343 Å². The van der Waals surface area contributed by atoms with E-state index in [1.54, 1.807) is 0 Å². The van der Waals surface area contributed by atoms with Crippen LogP contribution in [0.1, 0.15) is 394 Å². The number of phosphoric acid groups is 2. The number of hydrogen-bond acceptors (Lipinski definition) is 15. The number of carbonyl (C=O) groups is 4. The number of rotatable bonds is 75. The van der Waals surface area contributed by atoms with Crippen molar-refractivity contribution in [2.75, 3.05) is 39.6 Å². The van der Waals surface area contributed by atoms with Gasteiger partial charge in [0.2, 0.25) is 0 Å². The lowest BCUT2D eigenvalue weighted by atomic mass is 10.0. The average molecular weight is 1380 g/mol. The molecule has 94 heavy (non-hydrogen) atoms. The Morgan fingerprint density at radius 3 is 0.723 bits per heavy atom. The highest BCUT2D eigenvalue weighted by molar-refractivity contribution is 7.47. The van der Waals surface area contributed by atoms with Gasteiger partial charge in [-0.15, -0.1) is 0 Å². The number of carbonyl (C=O) groups excluding carboxylic acids is 4. The number of ether oxygens (including phenoxy) is 4. The Labute approximate surface area is 575 Å². The monoisotopic (exact) mass is 1380 g/mol. The summed E-state index contributed by atoms with van der Waals surface area (Å²) in [6, 6.07) is 0. The summed E-state index contributed by atoms with van der Waals surface area (Å²) in [5, 5.41) is 10.6. The minimum Gasteiger partial charge on any atom is -0.462 e. The highest BCUT2D eigenvalue weighted by Gasteiger charge is 2.30. The lowest BCUT2D eigenvalue weighted by molar-refractivity contribution is -0.161. The number of aliphatic hydroxyl groups is 1. The zero-order valence-electron chi connectivity index (χ0n) is 61.1. The molecule has 2 unspecified atom stereocenters. The highest BCUT2D eigenvalue weighted by Crippen LogP contribution is 2.45. The van der Waals surface area contributed by atoms with E-state index in [1.807, 2.05) is 0 Å². The smallest absolute Gasteiger partial charge is 0.462 e. The maximum atomic E-state index is 13.1. The molecule has 0 radical (unpaired) electrons. The fourth-order valence-corrected chi connectivity index (χ4v) is 13.1. The van der Waals surface area contributed by atoms with Crippen molar-refractivity contribution >= 4 is 39.5 Å². The fourth-order valence-electron chi connectivity index (χ4n) is 11.5. The van der Waals surface area contributed by atoms with Gasteiger partial charge in [0.05, 0.1) is 26.4 Å². The molecule has 0 aliphatic carbocycles. The fraction of sp³-hybridized carbons (Fsp3) is 0.947. The van der Waals surface area contributed by atoms with Gasteiger partial charge in [0, 0.05) is 25.7 Å². The van der Waals surface area contributed by atoms with Crippen LogP contribution in [0.3, 0.4) is 0 Å². The van der Waals surface area contributed by atoms with Gasteiger partial charge in [-0.2, -0.15) is 0 Å². The van der Waals surface area contributed by atoms with Gasteiger partial charge >= 0.3 is 39.5 Å². The highest BCUT2D eigenvalue weighted by atomic mass is 31.2. The number of hydrogen-bond donors (Lipinski definition) is 3. The molecule has 0 aliphatic rings. The van der Waals surface area contributed by atoms with Gasteiger partial charge in [0.1, 0.15) is 19.3 Å². The minimum atomic E-state index is -4.95. The third-order valence-electron chi connectivity index (χ3n) is 17.5. The quantitative estimate of drug-likeness (QED) is 0.0222. The van der Waals surface area contributed by atoms with Crippen molar-refractivity contribution in [3.8, 4) is 0 Å². The number of phosphoric ester groups is 2. The molecule has 17 nitrogen and oxygen atoms in total. The molecule has 0 aromatic carbocycles. The molecule has 0 rings (SSSR count). The van der Waals surface area contributed by atoms with Gasteiger partial charge in [0.25, 0.3) is 0 Å². The van der Waals surface area contributed by atoms with Crippen molar-refractivity contribution in [1.29, 1.82) is 0 Å². The molecule has 0 heterocycles. The van der Waals surface area contributed by atoms with E-state index in [2.05, 4.69) is 34.6 Å². The van der Waals surface area contributed by atoms with Crippen molar-refractivity contribution in [2.45, 2.75) is 412 Å². The maximum Gasteiger partial charge on any atom is 0.472 e. The topological polar surface area (TPSA) is 237 Å². The molecular formula is C75H146O17P2. The molecule has 0 saturated carbocycles. The SMILES string of the molecule is CCCCCCCCCCCCCCCCC(=O)OC[C@H](COP(=O)(O)OC[C@@H](O)COP(=O)(O)OC[C@@H](COC(=O)CCCCCCCCCCCC(C)C)OC(=O)CCCCCCCCCCCCCCCC)OC(=O)CCCCCCCCCCCCCCCC. The average Bonchev–Trinajstić information content (AvgIpc) is 1.78. The number of unbranched alkanes of at least 4 members (excludes halogenated alkanes) is 47. The van der Waals surface area contributed by atoms with Gasteiger partial charge in [0.15, 0.2) is 12.2 Å². The van der Waals surface area contributed by atoms with E-state index >= 15 is 0 Å². The summed E-state index contributed by atoms with van der Waals surface area (Å²) in [6.07, 6.45) is 56.7. The molecule has 0 spiro atoms. The second kappa shape index (κ2) is 68.2. The zero-order valence-corrected chi connectivity index (χ0v) is 62.9. The van der Waals surface area contributed by atoms with Crippen molar-refractivity contribution in [2.24, 2.45) is 5.92 Å². The van der Waals surface area contributed by atoms with Gasteiger partial charge in [-0.05, 0) is 31.6 Å². The third kappa shape index (κ3) is 68.6. The summed E-state index contributed by atoms with van der Waals surface area (Å²) in [5.74, 6) is -1.37. The van der Waals surface area contributed by atoms with E-state index in [4.69, 9.17) is 37.0 Å². The van der Waals surface area contributed by atoms with Crippen LogP contribution in [0.4, 0.5) is 0 Å². The maximum absolute atomic E-state index is 13.1. The first-order valence-corrected chi connectivity index (χ1v) is 42.1. The van der Waals surface area contributed by atoms with E-state index in [0.29, 0.717) is 25.7 Å². The Morgan fingerprint density at radius 1 is 0.287 bits per heavy atom. The van der Waals surface area contributed by atoms with Gasteiger partial charge in [-0.25, -0.2) is 9.13 Å². The zero-order chi connectivity index (χ0) is 69.1. The summed E-state index contributed by atoms with van der Waals surface area (Å²) in [6.45, 7) is 7.28. The normalized spacial score (nSPS) is 14.0. The summed E-state index contributed by atoms with van der Waals surface area (Å²) < 4.78 is 68.5. The molecule has 3 N–H and O–H groups in total. The second-order valence-electron chi connectivity index (χ2n) is 27.5. The summed E-state index contributed by atoms with van der Waals surface area (Å²) in [4.78, 5) is 72.8. The van der Waals surface area contributed by atoms with E-state index in [0.717, 1.165) is 95.8 Å². The van der Waals surface area contributed by atoms with Gasteiger partial charge in [-0.3, -0.25) is 37.3 Å². The Hall–Kier alpha value is -1.94. The van der Waals surface area contributed by atoms with Crippen LogP contribution in [0.2, 0.25) is 0 Å². The van der Waals surface area contributed by atoms with Crippen molar-refractivity contribution in [1.82, 2.24) is 0 Å². The molecule has 0 amide bonds. The molecule has 0 saturated heterocycles. The predicted molar refractivity (Wildman–Crippen MR) is 382 cm³/mol. The Morgan fingerprint density at radius 2 is 0.489 bits per heavy atom.